The number of halogens is 1. The molecule has 0 saturated carbocycles. The van der Waals surface area contributed by atoms with E-state index in [1.807, 2.05) is 0 Å². The van der Waals surface area contributed by atoms with Crippen LogP contribution in [-0.2, 0) is 4.79 Å². The Morgan fingerprint density at radius 3 is 3.08 bits per heavy atom. The van der Waals surface area contributed by atoms with E-state index in [1.165, 1.54) is 12.3 Å². The second kappa shape index (κ2) is 4.39. The highest BCUT2D eigenvalue weighted by Gasteiger charge is 2.00. The predicted molar refractivity (Wildman–Crippen MR) is 44.9 cm³/mol. The molecule has 13 heavy (non-hydrogen) atoms. The number of carbonyl (C=O) groups is 1. The number of carboxylic acid groups (broad SMARTS) is 1. The Morgan fingerprint density at radius 1 is 1.69 bits per heavy atom. The zero-order valence-corrected chi connectivity index (χ0v) is 6.83. The number of hydrogen-bond acceptors (Lipinski definition) is 3. The molecule has 0 aliphatic carbocycles. The van der Waals surface area contributed by atoms with Crippen molar-refractivity contribution in [3.63, 3.8) is 0 Å². The first kappa shape index (κ1) is 9.44. The SMILES string of the molecule is O=C(O)CCNc1ccncc1F. The molecule has 1 aromatic heterocycles. The minimum atomic E-state index is -0.915. The molecule has 0 saturated heterocycles. The standard InChI is InChI=1S/C8H9FN2O2/c9-6-5-10-3-1-7(6)11-4-2-8(12)13/h1,3,5H,2,4H2,(H,10,11)(H,12,13). The lowest BCUT2D eigenvalue weighted by Gasteiger charge is -2.04. The highest BCUT2D eigenvalue weighted by Crippen LogP contribution is 2.10. The van der Waals surface area contributed by atoms with Crippen molar-refractivity contribution < 1.29 is 14.3 Å². The summed E-state index contributed by atoms with van der Waals surface area (Å²) in [6.45, 7) is 0.205. The predicted octanol–water partition coefficient (Wildman–Crippen LogP) is 1.11. The topological polar surface area (TPSA) is 62.2 Å². The zero-order chi connectivity index (χ0) is 9.68. The van der Waals surface area contributed by atoms with Crippen LogP contribution in [0.2, 0.25) is 0 Å². The van der Waals surface area contributed by atoms with Gasteiger partial charge in [0.1, 0.15) is 0 Å². The van der Waals surface area contributed by atoms with Gasteiger partial charge in [-0.1, -0.05) is 0 Å². The summed E-state index contributed by atoms with van der Waals surface area (Å²) in [5.74, 6) is -1.39. The number of carboxylic acids is 1. The Labute approximate surface area is 74.4 Å². The first-order valence-corrected chi connectivity index (χ1v) is 3.75. The molecule has 0 amide bonds. The van der Waals surface area contributed by atoms with Crippen LogP contribution in [0.15, 0.2) is 18.5 Å². The highest BCUT2D eigenvalue weighted by atomic mass is 19.1. The number of nitrogens with zero attached hydrogens (tertiary/aromatic N) is 1. The first-order valence-electron chi connectivity index (χ1n) is 3.75. The van der Waals surface area contributed by atoms with E-state index in [9.17, 15) is 9.18 Å². The third kappa shape index (κ3) is 3.06. The van der Waals surface area contributed by atoms with Crippen molar-refractivity contribution in [2.45, 2.75) is 6.42 Å². The van der Waals surface area contributed by atoms with Crippen molar-refractivity contribution in [3.05, 3.63) is 24.3 Å². The number of aliphatic carboxylic acids is 1. The van der Waals surface area contributed by atoms with Crippen molar-refractivity contribution in [2.75, 3.05) is 11.9 Å². The van der Waals surface area contributed by atoms with Gasteiger partial charge in [-0.15, -0.1) is 0 Å². The number of nitrogens with one attached hydrogen (secondary N) is 1. The Bertz CT molecular complexity index is 304. The van der Waals surface area contributed by atoms with Crippen LogP contribution < -0.4 is 5.32 Å². The molecule has 0 aliphatic heterocycles. The number of pyridine rings is 1. The summed E-state index contributed by atoms with van der Waals surface area (Å²) in [5, 5.41) is 11.0. The second-order valence-corrected chi connectivity index (χ2v) is 2.43. The van der Waals surface area contributed by atoms with Crippen LogP contribution in [0.3, 0.4) is 0 Å². The monoisotopic (exact) mass is 184 g/mol. The number of rotatable bonds is 4. The van der Waals surface area contributed by atoms with Crippen LogP contribution in [0.1, 0.15) is 6.42 Å². The van der Waals surface area contributed by atoms with Crippen molar-refractivity contribution in [1.82, 2.24) is 4.98 Å². The first-order chi connectivity index (χ1) is 6.20. The van der Waals surface area contributed by atoms with Crippen molar-refractivity contribution in [2.24, 2.45) is 0 Å². The maximum Gasteiger partial charge on any atom is 0.305 e. The molecule has 2 N–H and O–H groups in total. The number of anilines is 1. The average Bonchev–Trinajstić information content (AvgIpc) is 2.08. The van der Waals surface area contributed by atoms with Crippen LogP contribution in [0.25, 0.3) is 0 Å². The van der Waals surface area contributed by atoms with Crippen molar-refractivity contribution in [1.29, 1.82) is 0 Å². The van der Waals surface area contributed by atoms with E-state index in [1.54, 1.807) is 0 Å². The van der Waals surface area contributed by atoms with E-state index in [0.717, 1.165) is 6.20 Å². The number of hydrogen-bond donors (Lipinski definition) is 2. The molecule has 0 radical (unpaired) electrons. The van der Waals surface area contributed by atoms with E-state index in [2.05, 4.69) is 10.3 Å². The van der Waals surface area contributed by atoms with Gasteiger partial charge in [-0.3, -0.25) is 9.78 Å². The molecule has 0 aliphatic rings. The maximum atomic E-state index is 12.8. The maximum absolute atomic E-state index is 12.8. The normalized spacial score (nSPS) is 9.62. The van der Waals surface area contributed by atoms with Gasteiger partial charge in [0.05, 0.1) is 18.3 Å². The lowest BCUT2D eigenvalue weighted by Crippen LogP contribution is -2.08. The fraction of sp³-hybridized carbons (Fsp3) is 0.250. The van der Waals surface area contributed by atoms with Crippen LogP contribution in [0.5, 0.6) is 0 Å². The minimum absolute atomic E-state index is 0.0399. The lowest BCUT2D eigenvalue weighted by atomic mass is 10.3. The van der Waals surface area contributed by atoms with Gasteiger partial charge >= 0.3 is 5.97 Å². The van der Waals surface area contributed by atoms with Crippen molar-refractivity contribution in [3.8, 4) is 0 Å². The van der Waals surface area contributed by atoms with Crippen LogP contribution in [0, 0.1) is 5.82 Å². The van der Waals surface area contributed by atoms with Gasteiger partial charge in [0.15, 0.2) is 5.82 Å². The summed E-state index contributed by atoms with van der Waals surface area (Å²) in [7, 11) is 0. The summed E-state index contributed by atoms with van der Waals surface area (Å²) in [6.07, 6.45) is 2.47. The molecule has 0 aromatic carbocycles. The van der Waals surface area contributed by atoms with Crippen LogP contribution in [-0.4, -0.2) is 22.6 Å². The third-order valence-corrected chi connectivity index (χ3v) is 1.43. The Hall–Kier alpha value is -1.65. The molecular formula is C8H9FN2O2. The molecule has 0 fully saturated rings. The summed E-state index contributed by atoms with van der Waals surface area (Å²) < 4.78 is 12.8. The third-order valence-electron chi connectivity index (χ3n) is 1.43. The zero-order valence-electron chi connectivity index (χ0n) is 6.83. The lowest BCUT2D eigenvalue weighted by molar-refractivity contribution is -0.136. The Morgan fingerprint density at radius 2 is 2.46 bits per heavy atom. The fourth-order valence-electron chi connectivity index (χ4n) is 0.823. The van der Waals surface area contributed by atoms with Crippen LogP contribution in [0.4, 0.5) is 10.1 Å². The molecular weight excluding hydrogens is 175 g/mol. The molecule has 0 unspecified atom stereocenters. The molecule has 0 spiro atoms. The van der Waals surface area contributed by atoms with E-state index in [4.69, 9.17) is 5.11 Å². The Kier molecular flexibility index (Phi) is 3.19. The largest absolute Gasteiger partial charge is 0.481 e. The number of aromatic nitrogens is 1. The van der Waals surface area contributed by atoms with Crippen LogP contribution >= 0.6 is 0 Å². The molecule has 4 nitrogen and oxygen atoms in total. The van der Waals surface area contributed by atoms with Gasteiger partial charge in [-0.2, -0.15) is 0 Å². The molecule has 1 rings (SSSR count). The second-order valence-electron chi connectivity index (χ2n) is 2.43. The molecule has 0 atom stereocenters. The summed E-state index contributed by atoms with van der Waals surface area (Å²) in [6, 6.07) is 1.46. The highest BCUT2D eigenvalue weighted by molar-refractivity contribution is 5.67. The van der Waals surface area contributed by atoms with Gasteiger partial charge < -0.3 is 10.4 Å². The fourth-order valence-corrected chi connectivity index (χ4v) is 0.823. The van der Waals surface area contributed by atoms with Gasteiger partial charge in [0, 0.05) is 12.7 Å². The van der Waals surface area contributed by atoms with Gasteiger partial charge in [-0.25, -0.2) is 4.39 Å². The molecule has 1 aromatic rings. The van der Waals surface area contributed by atoms with Gasteiger partial charge in [0.25, 0.3) is 0 Å². The van der Waals surface area contributed by atoms with Crippen molar-refractivity contribution >= 4 is 11.7 Å². The van der Waals surface area contributed by atoms with E-state index < -0.39 is 11.8 Å². The quantitative estimate of drug-likeness (QED) is 0.735. The average molecular weight is 184 g/mol. The van der Waals surface area contributed by atoms with E-state index in [0.29, 0.717) is 0 Å². The van der Waals surface area contributed by atoms with E-state index >= 15 is 0 Å². The molecule has 70 valence electrons. The van der Waals surface area contributed by atoms with E-state index in [-0.39, 0.29) is 18.7 Å². The summed E-state index contributed by atoms with van der Waals surface area (Å²) in [4.78, 5) is 13.7. The van der Waals surface area contributed by atoms with Gasteiger partial charge in [0.2, 0.25) is 0 Å². The molecule has 1 heterocycles. The summed E-state index contributed by atoms with van der Waals surface area (Å²) >= 11 is 0. The molecule has 0 bridgehead atoms. The smallest absolute Gasteiger partial charge is 0.305 e. The van der Waals surface area contributed by atoms with Gasteiger partial charge in [-0.05, 0) is 6.07 Å². The molecule has 5 heteroatoms. The summed E-state index contributed by atoms with van der Waals surface area (Å²) in [5.41, 5.74) is 0.274. The Balaban J connectivity index is 2.45. The minimum Gasteiger partial charge on any atom is -0.481 e.